The highest BCUT2D eigenvalue weighted by atomic mass is 16.3. The Morgan fingerprint density at radius 3 is 2.82 bits per heavy atom. The van der Waals surface area contributed by atoms with Gasteiger partial charge in [0.25, 0.3) is 5.56 Å². The number of nitriles is 1. The second-order valence-electron chi connectivity index (χ2n) is 3.94. The van der Waals surface area contributed by atoms with E-state index in [4.69, 9.17) is 9.68 Å². The summed E-state index contributed by atoms with van der Waals surface area (Å²) >= 11 is 0. The molecule has 0 aliphatic carbocycles. The molecular weight excluding hydrogens is 216 g/mol. The highest BCUT2D eigenvalue weighted by Gasteiger charge is 2.10. The molecule has 0 saturated heterocycles. The van der Waals surface area contributed by atoms with E-state index in [9.17, 15) is 4.79 Å². The molecule has 2 heterocycles. The molecule has 0 amide bonds. The Kier molecular flexibility index (Phi) is 2.84. The van der Waals surface area contributed by atoms with Gasteiger partial charge in [0.1, 0.15) is 17.4 Å². The van der Waals surface area contributed by atoms with E-state index in [0.717, 1.165) is 11.1 Å². The van der Waals surface area contributed by atoms with Crippen LogP contribution < -0.4 is 5.56 Å². The van der Waals surface area contributed by atoms with E-state index < -0.39 is 0 Å². The average molecular weight is 228 g/mol. The fraction of sp³-hybridized carbons (Fsp3) is 0.231. The first-order chi connectivity index (χ1) is 8.13. The second-order valence-corrected chi connectivity index (χ2v) is 3.94. The normalized spacial score (nSPS) is 10.2. The van der Waals surface area contributed by atoms with Gasteiger partial charge in [0.05, 0.1) is 12.8 Å². The molecule has 0 aromatic carbocycles. The topological polar surface area (TPSA) is 58.9 Å². The lowest BCUT2D eigenvalue weighted by Gasteiger charge is -2.08. The molecule has 0 spiro atoms. The van der Waals surface area contributed by atoms with Crippen LogP contribution in [0.15, 0.2) is 33.8 Å². The first-order valence-electron chi connectivity index (χ1n) is 5.26. The Bertz CT molecular complexity index is 631. The van der Waals surface area contributed by atoms with Crippen LogP contribution in [0.25, 0.3) is 0 Å². The number of hydrogen-bond donors (Lipinski definition) is 0. The number of nitrogens with zero attached hydrogens (tertiary/aromatic N) is 2. The summed E-state index contributed by atoms with van der Waals surface area (Å²) in [5, 5.41) is 8.99. The monoisotopic (exact) mass is 228 g/mol. The van der Waals surface area contributed by atoms with Crippen molar-refractivity contribution in [3.8, 4) is 6.07 Å². The minimum absolute atomic E-state index is 0.205. The predicted octanol–water partition coefficient (Wildman–Crippen LogP) is 1.98. The summed E-state index contributed by atoms with van der Waals surface area (Å²) in [7, 11) is 0. The molecule has 0 fully saturated rings. The Morgan fingerprint density at radius 1 is 1.47 bits per heavy atom. The zero-order valence-electron chi connectivity index (χ0n) is 9.73. The molecular formula is C13H12N2O2. The third-order valence-corrected chi connectivity index (χ3v) is 2.81. The first kappa shape index (κ1) is 11.2. The number of aromatic nitrogens is 1. The van der Waals surface area contributed by atoms with Crippen molar-refractivity contribution in [2.45, 2.75) is 20.4 Å². The fourth-order valence-corrected chi connectivity index (χ4v) is 1.71. The van der Waals surface area contributed by atoms with Crippen LogP contribution in [0.5, 0.6) is 0 Å². The number of rotatable bonds is 2. The van der Waals surface area contributed by atoms with Gasteiger partial charge < -0.3 is 8.98 Å². The molecule has 0 unspecified atom stereocenters. The summed E-state index contributed by atoms with van der Waals surface area (Å²) < 4.78 is 6.69. The van der Waals surface area contributed by atoms with Crippen LogP contribution >= 0.6 is 0 Å². The first-order valence-corrected chi connectivity index (χ1v) is 5.26. The van der Waals surface area contributed by atoms with Crippen molar-refractivity contribution in [1.29, 1.82) is 5.26 Å². The molecule has 0 saturated carbocycles. The number of furan rings is 1. The molecule has 2 aromatic rings. The van der Waals surface area contributed by atoms with Gasteiger partial charge in [-0.15, -0.1) is 0 Å². The molecule has 0 N–H and O–H groups in total. The van der Waals surface area contributed by atoms with Gasteiger partial charge in [0.2, 0.25) is 0 Å². The van der Waals surface area contributed by atoms with Crippen molar-refractivity contribution in [2.75, 3.05) is 0 Å². The Hall–Kier alpha value is -2.28. The molecule has 4 nitrogen and oxygen atoms in total. The van der Waals surface area contributed by atoms with Crippen LogP contribution in [0.2, 0.25) is 0 Å². The van der Waals surface area contributed by atoms with Crippen LogP contribution in [0, 0.1) is 25.2 Å². The van der Waals surface area contributed by atoms with Crippen LogP contribution in [0.3, 0.4) is 0 Å². The number of hydrogen-bond acceptors (Lipinski definition) is 3. The fourth-order valence-electron chi connectivity index (χ4n) is 1.71. The lowest BCUT2D eigenvalue weighted by Crippen LogP contribution is -2.24. The number of pyridine rings is 1. The van der Waals surface area contributed by atoms with Gasteiger partial charge >= 0.3 is 0 Å². The van der Waals surface area contributed by atoms with Gasteiger partial charge in [-0.05, 0) is 37.1 Å². The highest BCUT2D eigenvalue weighted by molar-refractivity contribution is 5.39. The van der Waals surface area contributed by atoms with E-state index in [-0.39, 0.29) is 11.1 Å². The van der Waals surface area contributed by atoms with E-state index in [1.165, 1.54) is 4.57 Å². The van der Waals surface area contributed by atoms with Gasteiger partial charge in [-0.25, -0.2) is 0 Å². The molecule has 0 atom stereocenters. The van der Waals surface area contributed by atoms with Crippen molar-refractivity contribution in [2.24, 2.45) is 0 Å². The molecule has 2 aromatic heterocycles. The lowest BCUT2D eigenvalue weighted by molar-refractivity contribution is 0.489. The molecule has 2 rings (SSSR count). The van der Waals surface area contributed by atoms with Crippen molar-refractivity contribution < 1.29 is 4.42 Å². The van der Waals surface area contributed by atoms with Crippen LogP contribution in [-0.4, -0.2) is 4.57 Å². The van der Waals surface area contributed by atoms with E-state index in [1.807, 2.05) is 13.0 Å². The molecule has 0 radical (unpaired) electrons. The number of aryl methyl sites for hydroxylation is 1. The smallest absolute Gasteiger partial charge is 0.269 e. The highest BCUT2D eigenvalue weighted by Crippen LogP contribution is 2.09. The van der Waals surface area contributed by atoms with Gasteiger partial charge in [0.15, 0.2) is 0 Å². The maximum Gasteiger partial charge on any atom is 0.269 e. The SMILES string of the molecule is Cc1cn(Cc2ccco2)c(=O)c(C#N)c1C. The quantitative estimate of drug-likeness (QED) is 0.789. The van der Waals surface area contributed by atoms with E-state index in [2.05, 4.69) is 0 Å². The second kappa shape index (κ2) is 4.30. The van der Waals surface area contributed by atoms with Crippen molar-refractivity contribution in [3.05, 3.63) is 57.4 Å². The van der Waals surface area contributed by atoms with E-state index in [0.29, 0.717) is 12.3 Å². The Morgan fingerprint density at radius 2 is 2.24 bits per heavy atom. The van der Waals surface area contributed by atoms with Gasteiger partial charge in [-0.2, -0.15) is 5.26 Å². The van der Waals surface area contributed by atoms with Gasteiger partial charge in [0, 0.05) is 6.20 Å². The maximum absolute atomic E-state index is 12.0. The Labute approximate surface area is 98.7 Å². The summed E-state index contributed by atoms with van der Waals surface area (Å²) in [6.45, 7) is 4.02. The Balaban J connectivity index is 2.53. The van der Waals surface area contributed by atoms with Crippen LogP contribution in [0.4, 0.5) is 0 Å². The molecule has 17 heavy (non-hydrogen) atoms. The zero-order chi connectivity index (χ0) is 12.4. The van der Waals surface area contributed by atoms with Crippen molar-refractivity contribution >= 4 is 0 Å². The summed E-state index contributed by atoms with van der Waals surface area (Å²) in [5.41, 5.74) is 1.60. The summed E-state index contributed by atoms with van der Waals surface area (Å²) in [4.78, 5) is 12.0. The van der Waals surface area contributed by atoms with Crippen LogP contribution in [0.1, 0.15) is 22.5 Å². The van der Waals surface area contributed by atoms with E-state index in [1.54, 1.807) is 31.5 Å². The van der Waals surface area contributed by atoms with Gasteiger partial charge in [-0.3, -0.25) is 4.79 Å². The van der Waals surface area contributed by atoms with Crippen LogP contribution in [-0.2, 0) is 6.54 Å². The molecule has 0 bridgehead atoms. The van der Waals surface area contributed by atoms with Crippen molar-refractivity contribution in [1.82, 2.24) is 4.57 Å². The standard InChI is InChI=1S/C13H12N2O2/c1-9-7-15(8-11-4-3-5-17-11)13(16)12(6-14)10(9)2/h3-5,7H,8H2,1-2H3. The largest absolute Gasteiger partial charge is 0.467 e. The minimum Gasteiger partial charge on any atom is -0.467 e. The average Bonchev–Trinajstić information content (AvgIpc) is 2.79. The van der Waals surface area contributed by atoms with Gasteiger partial charge in [-0.1, -0.05) is 0 Å². The maximum atomic E-state index is 12.0. The van der Waals surface area contributed by atoms with Crippen molar-refractivity contribution in [3.63, 3.8) is 0 Å². The predicted molar refractivity (Wildman–Crippen MR) is 62.7 cm³/mol. The summed E-state index contributed by atoms with van der Waals surface area (Å²) in [6, 6.07) is 5.53. The van der Waals surface area contributed by atoms with E-state index >= 15 is 0 Å². The molecule has 0 aliphatic heterocycles. The molecule has 86 valence electrons. The third kappa shape index (κ3) is 2.00. The summed E-state index contributed by atoms with van der Waals surface area (Å²) in [6.07, 6.45) is 3.31. The molecule has 0 aliphatic rings. The summed E-state index contributed by atoms with van der Waals surface area (Å²) in [5.74, 6) is 0.694. The zero-order valence-corrected chi connectivity index (χ0v) is 9.73. The minimum atomic E-state index is -0.271. The molecule has 4 heteroatoms. The lowest BCUT2D eigenvalue weighted by atomic mass is 10.1. The third-order valence-electron chi connectivity index (χ3n) is 2.81.